The van der Waals surface area contributed by atoms with Crippen LogP contribution in [0, 0.1) is 6.92 Å². The molecule has 0 spiro atoms. The largest absolute Gasteiger partial charge is 0.469 e. The van der Waals surface area contributed by atoms with Crippen LogP contribution in [0.3, 0.4) is 0 Å². The van der Waals surface area contributed by atoms with Crippen LogP contribution >= 0.6 is 0 Å². The van der Waals surface area contributed by atoms with Gasteiger partial charge in [-0.1, -0.05) is 0 Å². The summed E-state index contributed by atoms with van der Waals surface area (Å²) in [4.78, 5) is 7.69. The van der Waals surface area contributed by atoms with E-state index in [0.29, 0.717) is 12.5 Å². The zero-order valence-corrected chi connectivity index (χ0v) is 8.82. The van der Waals surface area contributed by atoms with E-state index >= 15 is 0 Å². The fourth-order valence-electron chi connectivity index (χ4n) is 1.06. The molecule has 5 N–H and O–H groups in total. The van der Waals surface area contributed by atoms with Gasteiger partial charge in [0.2, 0.25) is 5.96 Å². The smallest absolute Gasteiger partial charge is 0.221 e. The summed E-state index contributed by atoms with van der Waals surface area (Å²) in [5, 5.41) is 2.99. The van der Waals surface area contributed by atoms with E-state index in [2.05, 4.69) is 15.3 Å². The van der Waals surface area contributed by atoms with Gasteiger partial charge in [-0.05, 0) is 13.0 Å². The highest BCUT2D eigenvalue weighted by Crippen LogP contribution is 2.07. The molecule has 0 aliphatic rings. The molecule has 82 valence electrons. The average Bonchev–Trinajstić information content (AvgIpc) is 2.58. The molecule has 0 saturated heterocycles. The molecule has 0 atom stereocenters. The van der Waals surface area contributed by atoms with Gasteiger partial charge in [0, 0.05) is 19.2 Å². The minimum Gasteiger partial charge on any atom is -0.469 e. The highest BCUT2D eigenvalue weighted by Gasteiger charge is 2.02. The van der Waals surface area contributed by atoms with E-state index < -0.39 is 0 Å². The van der Waals surface area contributed by atoms with Crippen LogP contribution in [0.2, 0.25) is 0 Å². The van der Waals surface area contributed by atoms with E-state index in [1.54, 1.807) is 13.3 Å². The lowest BCUT2D eigenvalue weighted by atomic mass is 10.2. The molecule has 0 aliphatic carbocycles. The molecule has 0 amide bonds. The summed E-state index contributed by atoms with van der Waals surface area (Å²) >= 11 is 0. The molecular formula is C9H15N5O. The molecular weight excluding hydrogens is 194 g/mol. The number of hydrogen-bond donors (Lipinski definition) is 3. The van der Waals surface area contributed by atoms with E-state index in [9.17, 15) is 0 Å². The van der Waals surface area contributed by atoms with Gasteiger partial charge in [0.15, 0.2) is 5.96 Å². The van der Waals surface area contributed by atoms with E-state index in [1.165, 1.54) is 0 Å². The summed E-state index contributed by atoms with van der Waals surface area (Å²) in [5.74, 6) is 1.24. The van der Waals surface area contributed by atoms with E-state index in [4.69, 9.17) is 15.9 Å². The zero-order valence-electron chi connectivity index (χ0n) is 8.82. The molecule has 6 heteroatoms. The van der Waals surface area contributed by atoms with Crippen molar-refractivity contribution in [2.45, 2.75) is 13.5 Å². The number of aryl methyl sites for hydroxylation is 1. The second-order valence-corrected chi connectivity index (χ2v) is 2.94. The molecule has 1 heterocycles. The number of nitrogens with zero attached hydrogens (tertiary/aromatic N) is 2. The van der Waals surface area contributed by atoms with Crippen LogP contribution < -0.4 is 16.8 Å². The molecule has 0 unspecified atom stereocenters. The third kappa shape index (κ3) is 3.34. The SMILES string of the molecule is CN=C(N=C(N)N)NCc1ccoc1C. The summed E-state index contributed by atoms with van der Waals surface area (Å²) in [6.45, 7) is 2.46. The molecule has 1 aromatic rings. The molecule has 15 heavy (non-hydrogen) atoms. The first-order valence-corrected chi connectivity index (χ1v) is 4.46. The minimum atomic E-state index is -0.0213. The second-order valence-electron chi connectivity index (χ2n) is 2.94. The van der Waals surface area contributed by atoms with Crippen molar-refractivity contribution in [1.82, 2.24) is 5.32 Å². The Balaban J connectivity index is 2.57. The molecule has 0 bridgehead atoms. The van der Waals surface area contributed by atoms with Crippen molar-refractivity contribution in [3.8, 4) is 0 Å². The van der Waals surface area contributed by atoms with Crippen LogP contribution in [0.1, 0.15) is 11.3 Å². The summed E-state index contributed by atoms with van der Waals surface area (Å²) < 4.78 is 5.15. The van der Waals surface area contributed by atoms with Crippen molar-refractivity contribution in [3.63, 3.8) is 0 Å². The molecule has 1 aromatic heterocycles. The van der Waals surface area contributed by atoms with Crippen LogP contribution in [-0.4, -0.2) is 19.0 Å². The van der Waals surface area contributed by atoms with Crippen LogP contribution in [0.25, 0.3) is 0 Å². The topological polar surface area (TPSA) is 102 Å². The third-order valence-electron chi connectivity index (χ3n) is 1.85. The van der Waals surface area contributed by atoms with Gasteiger partial charge in [-0.2, -0.15) is 4.99 Å². The van der Waals surface area contributed by atoms with E-state index in [-0.39, 0.29) is 5.96 Å². The van der Waals surface area contributed by atoms with Crippen molar-refractivity contribution in [2.24, 2.45) is 21.5 Å². The molecule has 0 aromatic carbocycles. The highest BCUT2D eigenvalue weighted by molar-refractivity contribution is 5.93. The molecule has 1 rings (SSSR count). The van der Waals surface area contributed by atoms with Gasteiger partial charge < -0.3 is 21.2 Å². The molecule has 0 saturated carbocycles. The maximum atomic E-state index is 5.24. The minimum absolute atomic E-state index is 0.0213. The standard InChI is InChI=1S/C9H15N5O/c1-6-7(3-4-15-6)5-13-9(12-2)14-8(10)11/h3-4H,5H2,1-2H3,(H5,10,11,12,13,14). The average molecular weight is 209 g/mol. The first-order chi connectivity index (χ1) is 7.13. The Morgan fingerprint density at radius 3 is 2.73 bits per heavy atom. The number of furan rings is 1. The number of rotatable bonds is 2. The summed E-state index contributed by atoms with van der Waals surface area (Å²) in [7, 11) is 1.61. The summed E-state index contributed by atoms with van der Waals surface area (Å²) in [6.07, 6.45) is 1.63. The number of nitrogens with two attached hydrogens (primary N) is 2. The lowest BCUT2D eigenvalue weighted by molar-refractivity contribution is 0.529. The first kappa shape index (κ1) is 11.1. The van der Waals surface area contributed by atoms with Gasteiger partial charge in [-0.15, -0.1) is 0 Å². The Morgan fingerprint density at radius 2 is 2.27 bits per heavy atom. The van der Waals surface area contributed by atoms with Gasteiger partial charge in [0.05, 0.1) is 6.26 Å². The highest BCUT2D eigenvalue weighted by atomic mass is 16.3. The lowest BCUT2D eigenvalue weighted by Gasteiger charge is -2.04. The fourth-order valence-corrected chi connectivity index (χ4v) is 1.06. The van der Waals surface area contributed by atoms with Crippen LogP contribution in [0.4, 0.5) is 0 Å². The maximum Gasteiger partial charge on any atom is 0.221 e. The monoisotopic (exact) mass is 209 g/mol. The molecule has 0 aliphatic heterocycles. The third-order valence-corrected chi connectivity index (χ3v) is 1.85. The summed E-state index contributed by atoms with van der Waals surface area (Å²) in [5.41, 5.74) is 11.5. The van der Waals surface area contributed by atoms with Crippen molar-refractivity contribution in [2.75, 3.05) is 7.05 Å². The number of aliphatic imine (C=N–C) groups is 2. The summed E-state index contributed by atoms with van der Waals surface area (Å²) in [6, 6.07) is 1.88. The Kier molecular flexibility index (Phi) is 3.73. The number of nitrogens with one attached hydrogen (secondary N) is 1. The Bertz CT molecular complexity index is 376. The Hall–Kier alpha value is -1.98. The van der Waals surface area contributed by atoms with Crippen molar-refractivity contribution in [1.29, 1.82) is 0 Å². The van der Waals surface area contributed by atoms with Crippen molar-refractivity contribution < 1.29 is 4.42 Å². The van der Waals surface area contributed by atoms with Crippen molar-refractivity contribution >= 4 is 11.9 Å². The van der Waals surface area contributed by atoms with E-state index in [0.717, 1.165) is 11.3 Å². The van der Waals surface area contributed by atoms with Crippen molar-refractivity contribution in [3.05, 3.63) is 23.7 Å². The second kappa shape index (κ2) is 5.04. The van der Waals surface area contributed by atoms with Gasteiger partial charge in [0.1, 0.15) is 5.76 Å². The predicted molar refractivity (Wildman–Crippen MR) is 59.5 cm³/mol. The van der Waals surface area contributed by atoms with Crippen LogP contribution in [0.5, 0.6) is 0 Å². The molecule has 0 radical (unpaired) electrons. The van der Waals surface area contributed by atoms with Gasteiger partial charge >= 0.3 is 0 Å². The van der Waals surface area contributed by atoms with Gasteiger partial charge in [-0.3, -0.25) is 4.99 Å². The molecule has 6 nitrogen and oxygen atoms in total. The van der Waals surface area contributed by atoms with Crippen LogP contribution in [0.15, 0.2) is 26.7 Å². The van der Waals surface area contributed by atoms with Gasteiger partial charge in [-0.25, -0.2) is 0 Å². The maximum absolute atomic E-state index is 5.24. The quantitative estimate of drug-likeness (QED) is 0.469. The Morgan fingerprint density at radius 1 is 1.53 bits per heavy atom. The lowest BCUT2D eigenvalue weighted by Crippen LogP contribution is -2.29. The first-order valence-electron chi connectivity index (χ1n) is 4.46. The fraction of sp³-hybridized carbons (Fsp3) is 0.333. The number of hydrogen-bond acceptors (Lipinski definition) is 2. The normalized spacial score (nSPS) is 11.2. The molecule has 0 fully saturated rings. The predicted octanol–water partition coefficient (Wildman–Crippen LogP) is -0.0632. The number of guanidine groups is 2. The van der Waals surface area contributed by atoms with Crippen LogP contribution in [-0.2, 0) is 6.54 Å². The van der Waals surface area contributed by atoms with E-state index in [1.807, 2.05) is 13.0 Å². The Labute approximate surface area is 88.1 Å². The van der Waals surface area contributed by atoms with Gasteiger partial charge in [0.25, 0.3) is 0 Å². The zero-order chi connectivity index (χ0) is 11.3.